The van der Waals surface area contributed by atoms with Crippen LogP contribution in [0.2, 0.25) is 5.02 Å². The van der Waals surface area contributed by atoms with Crippen LogP contribution in [0.4, 0.5) is 10.1 Å². The van der Waals surface area contributed by atoms with E-state index in [4.69, 9.17) is 16.0 Å². The van der Waals surface area contributed by atoms with Gasteiger partial charge in [0.15, 0.2) is 0 Å². The molecule has 0 aliphatic carbocycles. The van der Waals surface area contributed by atoms with Crippen molar-refractivity contribution in [3.63, 3.8) is 0 Å². The Morgan fingerprint density at radius 2 is 1.90 bits per heavy atom. The van der Waals surface area contributed by atoms with Crippen LogP contribution in [0.3, 0.4) is 0 Å². The molecule has 3 rings (SSSR count). The van der Waals surface area contributed by atoms with Crippen LogP contribution in [-0.4, -0.2) is 8.42 Å². The van der Waals surface area contributed by atoms with Gasteiger partial charge >= 0.3 is 0 Å². The standard InChI is InChI=1S/C14H9ClFNO3S/c15-12-8-10(1-3-13(12)16)17-21(18,19)11-2-4-14-9(7-11)5-6-20-14/h1-8,17H. The van der Waals surface area contributed by atoms with E-state index < -0.39 is 15.8 Å². The molecular weight excluding hydrogens is 317 g/mol. The molecule has 1 N–H and O–H groups in total. The second-order valence-corrected chi connectivity index (χ2v) is 6.44. The largest absolute Gasteiger partial charge is 0.464 e. The predicted molar refractivity (Wildman–Crippen MR) is 78.4 cm³/mol. The zero-order valence-electron chi connectivity index (χ0n) is 10.5. The van der Waals surface area contributed by atoms with Crippen molar-refractivity contribution in [1.29, 1.82) is 0 Å². The molecule has 0 bridgehead atoms. The average Bonchev–Trinajstić information content (AvgIpc) is 2.90. The number of fused-ring (bicyclic) bond motifs is 1. The summed E-state index contributed by atoms with van der Waals surface area (Å²) in [5.74, 6) is -0.612. The third-order valence-corrected chi connectivity index (χ3v) is 4.57. The smallest absolute Gasteiger partial charge is 0.261 e. The Balaban J connectivity index is 1.97. The highest BCUT2D eigenvalue weighted by Crippen LogP contribution is 2.24. The van der Waals surface area contributed by atoms with E-state index in [0.29, 0.717) is 11.0 Å². The Morgan fingerprint density at radius 3 is 2.67 bits per heavy atom. The van der Waals surface area contributed by atoms with E-state index in [1.165, 1.54) is 30.5 Å². The number of furan rings is 1. The fraction of sp³-hybridized carbons (Fsp3) is 0. The summed E-state index contributed by atoms with van der Waals surface area (Å²) in [6.07, 6.45) is 1.48. The van der Waals surface area contributed by atoms with Gasteiger partial charge in [-0.3, -0.25) is 4.72 Å². The molecule has 0 aliphatic heterocycles. The number of sulfonamides is 1. The monoisotopic (exact) mass is 325 g/mol. The number of benzene rings is 2. The Bertz CT molecular complexity index is 921. The fourth-order valence-corrected chi connectivity index (χ4v) is 3.15. The van der Waals surface area contributed by atoms with Crippen molar-refractivity contribution in [3.05, 3.63) is 59.6 Å². The van der Waals surface area contributed by atoms with E-state index in [2.05, 4.69) is 4.72 Å². The Morgan fingerprint density at radius 1 is 1.10 bits per heavy atom. The van der Waals surface area contributed by atoms with Crippen molar-refractivity contribution in [2.24, 2.45) is 0 Å². The van der Waals surface area contributed by atoms with Gasteiger partial charge in [0, 0.05) is 5.39 Å². The van der Waals surface area contributed by atoms with Gasteiger partial charge in [0.05, 0.1) is 21.9 Å². The highest BCUT2D eigenvalue weighted by molar-refractivity contribution is 7.92. The fourth-order valence-electron chi connectivity index (χ4n) is 1.89. The average molecular weight is 326 g/mol. The lowest BCUT2D eigenvalue weighted by molar-refractivity contribution is 0.601. The molecule has 2 aromatic carbocycles. The van der Waals surface area contributed by atoms with Crippen LogP contribution in [0.5, 0.6) is 0 Å². The SMILES string of the molecule is O=S(=O)(Nc1ccc(F)c(Cl)c1)c1ccc2occc2c1. The third-order valence-electron chi connectivity index (χ3n) is 2.91. The van der Waals surface area contributed by atoms with E-state index in [9.17, 15) is 12.8 Å². The summed E-state index contributed by atoms with van der Waals surface area (Å²) < 4.78 is 45.2. The van der Waals surface area contributed by atoms with Crippen LogP contribution in [-0.2, 0) is 10.0 Å². The molecule has 1 heterocycles. The van der Waals surface area contributed by atoms with Gasteiger partial charge in [0.2, 0.25) is 0 Å². The zero-order valence-corrected chi connectivity index (χ0v) is 12.1. The van der Waals surface area contributed by atoms with Crippen LogP contribution in [0, 0.1) is 5.82 Å². The second kappa shape index (κ2) is 5.05. The molecule has 7 heteroatoms. The summed E-state index contributed by atoms with van der Waals surface area (Å²) in [7, 11) is -3.79. The molecule has 21 heavy (non-hydrogen) atoms. The van der Waals surface area contributed by atoms with Crippen molar-refractivity contribution < 1.29 is 17.2 Å². The van der Waals surface area contributed by atoms with Gasteiger partial charge in [-0.05, 0) is 42.5 Å². The Labute approximate surface area is 125 Å². The lowest BCUT2D eigenvalue weighted by Crippen LogP contribution is -2.12. The summed E-state index contributed by atoms with van der Waals surface area (Å²) in [5.41, 5.74) is 0.785. The molecule has 4 nitrogen and oxygen atoms in total. The number of hydrogen-bond acceptors (Lipinski definition) is 3. The van der Waals surface area contributed by atoms with E-state index in [0.717, 1.165) is 6.07 Å². The third kappa shape index (κ3) is 2.72. The van der Waals surface area contributed by atoms with Crippen LogP contribution in [0.1, 0.15) is 0 Å². The number of nitrogens with one attached hydrogen (secondary N) is 1. The lowest BCUT2D eigenvalue weighted by Gasteiger charge is -2.08. The maximum atomic E-state index is 13.1. The van der Waals surface area contributed by atoms with E-state index >= 15 is 0 Å². The van der Waals surface area contributed by atoms with Crippen LogP contribution in [0.15, 0.2) is 58.0 Å². The van der Waals surface area contributed by atoms with Crippen molar-refractivity contribution in [3.8, 4) is 0 Å². The number of anilines is 1. The van der Waals surface area contributed by atoms with E-state index in [-0.39, 0.29) is 15.6 Å². The van der Waals surface area contributed by atoms with Crippen molar-refractivity contribution in [1.82, 2.24) is 0 Å². The summed E-state index contributed by atoms with van der Waals surface area (Å²) >= 11 is 5.63. The Kier molecular flexibility index (Phi) is 3.35. The molecule has 108 valence electrons. The van der Waals surface area contributed by atoms with Crippen molar-refractivity contribution in [2.75, 3.05) is 4.72 Å². The quantitative estimate of drug-likeness (QED) is 0.791. The summed E-state index contributed by atoms with van der Waals surface area (Å²) in [5, 5.41) is 0.524. The molecule has 0 radical (unpaired) electrons. The maximum Gasteiger partial charge on any atom is 0.261 e. The molecule has 0 atom stereocenters. The number of rotatable bonds is 3. The summed E-state index contributed by atoms with van der Waals surface area (Å²) in [6, 6.07) is 9.77. The number of halogens is 2. The molecule has 0 amide bonds. The predicted octanol–water partition coefficient (Wildman–Crippen LogP) is 4.03. The van der Waals surface area contributed by atoms with Gasteiger partial charge in [-0.2, -0.15) is 0 Å². The first-order valence-corrected chi connectivity index (χ1v) is 7.77. The first-order valence-electron chi connectivity index (χ1n) is 5.91. The van der Waals surface area contributed by atoms with Crippen molar-refractivity contribution >= 4 is 38.3 Å². The number of hydrogen-bond donors (Lipinski definition) is 1. The molecule has 0 saturated heterocycles. The molecule has 0 saturated carbocycles. The van der Waals surface area contributed by atoms with Gasteiger partial charge < -0.3 is 4.42 Å². The molecule has 1 aromatic heterocycles. The molecule has 3 aromatic rings. The molecule has 0 unspecified atom stereocenters. The highest BCUT2D eigenvalue weighted by atomic mass is 35.5. The molecule has 0 aliphatic rings. The topological polar surface area (TPSA) is 59.3 Å². The lowest BCUT2D eigenvalue weighted by atomic mass is 10.3. The van der Waals surface area contributed by atoms with Gasteiger partial charge in [0.25, 0.3) is 10.0 Å². The summed E-state index contributed by atoms with van der Waals surface area (Å²) in [6.45, 7) is 0. The molecule has 0 spiro atoms. The highest BCUT2D eigenvalue weighted by Gasteiger charge is 2.16. The normalized spacial score (nSPS) is 11.7. The van der Waals surface area contributed by atoms with Crippen LogP contribution < -0.4 is 4.72 Å². The first-order chi connectivity index (χ1) is 9.95. The Hall–Kier alpha value is -2.05. The van der Waals surface area contributed by atoms with Gasteiger partial charge in [-0.1, -0.05) is 11.6 Å². The minimum Gasteiger partial charge on any atom is -0.464 e. The van der Waals surface area contributed by atoms with Crippen LogP contribution >= 0.6 is 11.6 Å². The van der Waals surface area contributed by atoms with Gasteiger partial charge in [0.1, 0.15) is 11.4 Å². The molecular formula is C14H9ClFNO3S. The van der Waals surface area contributed by atoms with Crippen LogP contribution in [0.25, 0.3) is 11.0 Å². The van der Waals surface area contributed by atoms with Gasteiger partial charge in [-0.15, -0.1) is 0 Å². The van der Waals surface area contributed by atoms with E-state index in [1.54, 1.807) is 12.1 Å². The van der Waals surface area contributed by atoms with E-state index in [1.807, 2.05) is 0 Å². The zero-order chi connectivity index (χ0) is 15.0. The minimum atomic E-state index is -3.79. The first kappa shape index (κ1) is 13.9. The summed E-state index contributed by atoms with van der Waals surface area (Å²) in [4.78, 5) is 0.0804. The second-order valence-electron chi connectivity index (χ2n) is 4.35. The maximum absolute atomic E-state index is 13.1. The van der Waals surface area contributed by atoms with Gasteiger partial charge in [-0.25, -0.2) is 12.8 Å². The minimum absolute atomic E-state index is 0.0804. The molecule has 0 fully saturated rings. The van der Waals surface area contributed by atoms with Crippen molar-refractivity contribution in [2.45, 2.75) is 4.90 Å².